The largest absolute Gasteiger partial charge is 0.497 e. The summed E-state index contributed by atoms with van der Waals surface area (Å²) in [6.07, 6.45) is 1.99. The number of hydrogen-bond donors (Lipinski definition) is 0. The molecule has 2 atom stereocenters. The molecule has 1 aliphatic carbocycles. The predicted octanol–water partition coefficient (Wildman–Crippen LogP) is 4.92. The van der Waals surface area contributed by atoms with E-state index in [-0.39, 0.29) is 17.9 Å². The number of fused-ring (bicyclic) bond motifs is 3. The lowest BCUT2D eigenvalue weighted by Crippen LogP contribution is -2.32. The Bertz CT molecular complexity index is 1040. The van der Waals surface area contributed by atoms with E-state index in [1.54, 1.807) is 12.1 Å². The van der Waals surface area contributed by atoms with Crippen LogP contribution in [0.2, 0.25) is 0 Å². The number of methoxy groups -OCH3 is 1. The first-order valence-corrected chi connectivity index (χ1v) is 10.3. The lowest BCUT2D eigenvalue weighted by Gasteiger charge is -2.29. The standard InChI is InChI=1S/C23H20N2O2S/c1-27-17-11-8-16(9-12-17)22-19-13-10-15-5-2-3-6-18(15)21(19)24-25(22)23(26)20-7-4-14-28-20/h2-9,11-12,14,19,22H,10,13H2,1H3/t19-,22-/m1/s1. The number of ether oxygens (including phenoxy) is 1. The Hall–Kier alpha value is -2.92. The molecule has 5 rings (SSSR count). The van der Waals surface area contributed by atoms with Gasteiger partial charge in [0, 0.05) is 11.5 Å². The molecule has 0 N–H and O–H groups in total. The fourth-order valence-electron chi connectivity index (χ4n) is 4.28. The Morgan fingerprint density at radius 2 is 1.93 bits per heavy atom. The Labute approximate surface area is 168 Å². The van der Waals surface area contributed by atoms with E-state index >= 15 is 0 Å². The van der Waals surface area contributed by atoms with Gasteiger partial charge in [0.1, 0.15) is 5.75 Å². The molecule has 2 heterocycles. The third kappa shape index (κ3) is 2.74. The van der Waals surface area contributed by atoms with Crippen LogP contribution in [0.25, 0.3) is 0 Å². The van der Waals surface area contributed by atoms with Crippen molar-refractivity contribution in [2.45, 2.75) is 18.9 Å². The predicted molar refractivity (Wildman–Crippen MR) is 111 cm³/mol. The molecule has 0 fully saturated rings. The smallest absolute Gasteiger partial charge is 0.284 e. The number of hydrazone groups is 1. The van der Waals surface area contributed by atoms with Gasteiger partial charge in [0.2, 0.25) is 0 Å². The second kappa shape index (κ2) is 6.91. The summed E-state index contributed by atoms with van der Waals surface area (Å²) in [6.45, 7) is 0. The number of carbonyl (C=O) groups is 1. The Balaban J connectivity index is 1.60. The molecule has 0 spiro atoms. The molecule has 1 amide bonds. The number of nitrogens with zero attached hydrogens (tertiary/aromatic N) is 2. The summed E-state index contributed by atoms with van der Waals surface area (Å²) in [5.74, 6) is 0.982. The van der Waals surface area contributed by atoms with Gasteiger partial charge in [-0.15, -0.1) is 11.3 Å². The van der Waals surface area contributed by atoms with Crippen molar-refractivity contribution in [3.05, 3.63) is 87.6 Å². The minimum Gasteiger partial charge on any atom is -0.497 e. The van der Waals surface area contributed by atoms with Crippen LogP contribution in [0.3, 0.4) is 0 Å². The Morgan fingerprint density at radius 3 is 2.68 bits per heavy atom. The molecule has 1 aromatic heterocycles. The van der Waals surface area contributed by atoms with Crippen LogP contribution >= 0.6 is 11.3 Å². The quantitative estimate of drug-likeness (QED) is 0.639. The van der Waals surface area contributed by atoms with Gasteiger partial charge in [0.25, 0.3) is 5.91 Å². The van der Waals surface area contributed by atoms with Gasteiger partial charge in [-0.25, -0.2) is 5.01 Å². The van der Waals surface area contributed by atoms with E-state index in [2.05, 4.69) is 36.4 Å². The van der Waals surface area contributed by atoms with Crippen LogP contribution in [0.5, 0.6) is 5.75 Å². The molecule has 0 unspecified atom stereocenters. The highest BCUT2D eigenvalue weighted by molar-refractivity contribution is 7.12. The minimum absolute atomic E-state index is 0.0322. The summed E-state index contributed by atoms with van der Waals surface area (Å²) in [5.41, 5.74) is 4.62. The van der Waals surface area contributed by atoms with Crippen molar-refractivity contribution in [3.63, 3.8) is 0 Å². The lowest BCUT2D eigenvalue weighted by molar-refractivity contribution is 0.0686. The summed E-state index contributed by atoms with van der Waals surface area (Å²) in [4.78, 5) is 14.0. The fraction of sp³-hybridized carbons (Fsp3) is 0.217. The maximum absolute atomic E-state index is 13.3. The maximum atomic E-state index is 13.3. The van der Waals surface area contributed by atoms with Crippen molar-refractivity contribution in [2.75, 3.05) is 7.11 Å². The van der Waals surface area contributed by atoms with E-state index in [0.29, 0.717) is 0 Å². The van der Waals surface area contributed by atoms with E-state index in [0.717, 1.165) is 34.7 Å². The van der Waals surface area contributed by atoms with Crippen LogP contribution < -0.4 is 4.74 Å². The first-order valence-electron chi connectivity index (χ1n) is 9.44. The van der Waals surface area contributed by atoms with Gasteiger partial charge in [-0.3, -0.25) is 4.79 Å². The highest BCUT2D eigenvalue weighted by Gasteiger charge is 2.44. The van der Waals surface area contributed by atoms with E-state index in [4.69, 9.17) is 9.84 Å². The SMILES string of the molecule is COc1ccc([C@@H]2[C@@H]3CCc4ccccc4C3=NN2C(=O)c2cccs2)cc1. The van der Waals surface area contributed by atoms with Crippen molar-refractivity contribution in [3.8, 4) is 5.75 Å². The first kappa shape index (κ1) is 17.2. The summed E-state index contributed by atoms with van der Waals surface area (Å²) in [6, 6.07) is 20.1. The molecule has 0 saturated heterocycles. The van der Waals surface area contributed by atoms with Crippen molar-refractivity contribution in [1.29, 1.82) is 0 Å². The highest BCUT2D eigenvalue weighted by Crippen LogP contribution is 2.44. The third-order valence-electron chi connectivity index (χ3n) is 5.63. The van der Waals surface area contributed by atoms with Crippen LogP contribution in [-0.4, -0.2) is 23.7 Å². The highest BCUT2D eigenvalue weighted by atomic mass is 32.1. The number of amides is 1. The van der Waals surface area contributed by atoms with Crippen LogP contribution in [0.4, 0.5) is 0 Å². The third-order valence-corrected chi connectivity index (χ3v) is 6.48. The molecule has 0 bridgehead atoms. The van der Waals surface area contributed by atoms with Gasteiger partial charge < -0.3 is 4.74 Å². The van der Waals surface area contributed by atoms with E-state index in [9.17, 15) is 4.79 Å². The Morgan fingerprint density at radius 1 is 1.11 bits per heavy atom. The maximum Gasteiger partial charge on any atom is 0.284 e. The molecule has 2 aromatic carbocycles. The van der Waals surface area contributed by atoms with Crippen molar-refractivity contribution in [2.24, 2.45) is 11.0 Å². The number of benzene rings is 2. The molecular formula is C23H20N2O2S. The number of rotatable bonds is 3. The zero-order valence-corrected chi connectivity index (χ0v) is 16.4. The molecule has 140 valence electrons. The average Bonchev–Trinajstić information content (AvgIpc) is 3.41. The van der Waals surface area contributed by atoms with E-state index in [1.807, 2.05) is 29.6 Å². The average molecular weight is 388 g/mol. The number of carbonyl (C=O) groups excluding carboxylic acids is 1. The van der Waals surface area contributed by atoms with Crippen molar-refractivity contribution in [1.82, 2.24) is 5.01 Å². The molecule has 1 aliphatic heterocycles. The van der Waals surface area contributed by atoms with Crippen molar-refractivity contribution >= 4 is 23.0 Å². The second-order valence-corrected chi connectivity index (χ2v) is 8.08. The fourth-order valence-corrected chi connectivity index (χ4v) is 4.93. The second-order valence-electron chi connectivity index (χ2n) is 7.13. The van der Waals surface area contributed by atoms with Gasteiger partial charge in [-0.1, -0.05) is 42.5 Å². The molecule has 28 heavy (non-hydrogen) atoms. The lowest BCUT2D eigenvalue weighted by atomic mass is 9.77. The molecule has 0 saturated carbocycles. The van der Waals surface area contributed by atoms with Gasteiger partial charge in [-0.05, 0) is 47.5 Å². The summed E-state index contributed by atoms with van der Waals surface area (Å²) in [5, 5.41) is 8.52. The normalized spacial score (nSPS) is 20.3. The molecule has 2 aliphatic rings. The van der Waals surface area contributed by atoms with Crippen LogP contribution in [0.1, 0.15) is 38.8 Å². The molecule has 4 nitrogen and oxygen atoms in total. The van der Waals surface area contributed by atoms with Crippen LogP contribution in [0, 0.1) is 5.92 Å². The van der Waals surface area contributed by atoms with Gasteiger partial charge in [0.15, 0.2) is 0 Å². The first-order chi connectivity index (χ1) is 13.8. The monoisotopic (exact) mass is 388 g/mol. The molecule has 0 radical (unpaired) electrons. The van der Waals surface area contributed by atoms with E-state index < -0.39 is 0 Å². The van der Waals surface area contributed by atoms with Gasteiger partial charge in [-0.2, -0.15) is 5.10 Å². The van der Waals surface area contributed by atoms with Crippen molar-refractivity contribution < 1.29 is 9.53 Å². The Kier molecular flexibility index (Phi) is 4.24. The summed E-state index contributed by atoms with van der Waals surface area (Å²) in [7, 11) is 1.66. The van der Waals surface area contributed by atoms with Crippen LogP contribution in [-0.2, 0) is 6.42 Å². The van der Waals surface area contributed by atoms with Gasteiger partial charge in [0.05, 0.1) is 23.7 Å². The molecule has 5 heteroatoms. The number of thiophene rings is 1. The molecule has 3 aromatic rings. The van der Waals surface area contributed by atoms with Gasteiger partial charge >= 0.3 is 0 Å². The zero-order chi connectivity index (χ0) is 19.1. The topological polar surface area (TPSA) is 41.9 Å². The minimum atomic E-state index is -0.0936. The number of hydrogen-bond acceptors (Lipinski definition) is 4. The summed E-state index contributed by atoms with van der Waals surface area (Å²) >= 11 is 1.46. The summed E-state index contributed by atoms with van der Waals surface area (Å²) < 4.78 is 5.31. The number of aryl methyl sites for hydroxylation is 1. The molecular weight excluding hydrogens is 368 g/mol. The zero-order valence-electron chi connectivity index (χ0n) is 15.5. The van der Waals surface area contributed by atoms with Crippen LogP contribution in [0.15, 0.2) is 71.1 Å². The van der Waals surface area contributed by atoms with E-state index in [1.165, 1.54) is 22.5 Å².